The molecule has 1 unspecified atom stereocenters. The normalized spacial score (nSPS) is 11.8. The average Bonchev–Trinajstić information content (AvgIpc) is 2.54. The largest absolute Gasteiger partial charge is 0.497 e. The van der Waals surface area contributed by atoms with Gasteiger partial charge in [-0.3, -0.25) is 4.79 Å². The molecule has 2 rings (SSSR count). The number of methoxy groups -OCH3 is 1. The number of aliphatic hydroxyl groups excluding tert-OH is 1. The molecule has 0 aliphatic heterocycles. The van der Waals surface area contributed by atoms with Crippen molar-refractivity contribution in [3.8, 4) is 5.75 Å². The second-order valence-corrected chi connectivity index (χ2v) is 4.96. The molecule has 2 aromatic rings. The summed E-state index contributed by atoms with van der Waals surface area (Å²) in [6.07, 6.45) is -0.823. The van der Waals surface area contributed by atoms with E-state index in [0.717, 1.165) is 0 Å². The summed E-state index contributed by atoms with van der Waals surface area (Å²) in [5, 5.41) is 12.7. The number of aliphatic hydroxyl groups is 1. The van der Waals surface area contributed by atoms with Crippen LogP contribution in [0.5, 0.6) is 5.75 Å². The lowest BCUT2D eigenvalue weighted by Gasteiger charge is -2.13. The van der Waals surface area contributed by atoms with Crippen LogP contribution in [0.3, 0.4) is 0 Å². The molecule has 0 bridgehead atoms. The zero-order valence-corrected chi connectivity index (χ0v) is 12.5. The van der Waals surface area contributed by atoms with E-state index in [2.05, 4.69) is 5.32 Å². The van der Waals surface area contributed by atoms with Crippen molar-refractivity contribution in [1.29, 1.82) is 0 Å². The van der Waals surface area contributed by atoms with Gasteiger partial charge in [0.1, 0.15) is 11.6 Å². The summed E-state index contributed by atoms with van der Waals surface area (Å²) in [5.74, 6) is -0.00717. The summed E-state index contributed by atoms with van der Waals surface area (Å²) in [6.45, 7) is 1.67. The second kappa shape index (κ2) is 7.04. The first-order chi connectivity index (χ1) is 10.5. The average molecular weight is 303 g/mol. The highest BCUT2D eigenvalue weighted by Gasteiger charge is 2.12. The molecule has 5 heteroatoms. The number of aryl methyl sites for hydroxylation is 1. The van der Waals surface area contributed by atoms with Crippen molar-refractivity contribution in [3.05, 3.63) is 65.0 Å². The minimum atomic E-state index is -0.823. The lowest BCUT2D eigenvalue weighted by molar-refractivity contribution is 0.0916. The third kappa shape index (κ3) is 3.83. The molecule has 0 aromatic heterocycles. The van der Waals surface area contributed by atoms with Crippen LogP contribution in [0.15, 0.2) is 42.5 Å². The van der Waals surface area contributed by atoms with Gasteiger partial charge in [0.15, 0.2) is 0 Å². The Morgan fingerprint density at radius 3 is 2.55 bits per heavy atom. The Balaban J connectivity index is 1.95. The molecule has 116 valence electrons. The summed E-state index contributed by atoms with van der Waals surface area (Å²) in [4.78, 5) is 12.0. The number of hydrogen-bond donors (Lipinski definition) is 2. The van der Waals surface area contributed by atoms with Crippen molar-refractivity contribution in [1.82, 2.24) is 5.32 Å². The number of carbonyl (C=O) groups excluding carboxylic acids is 1. The fourth-order valence-electron chi connectivity index (χ4n) is 2.02. The number of amides is 1. The van der Waals surface area contributed by atoms with E-state index in [0.29, 0.717) is 22.4 Å². The van der Waals surface area contributed by atoms with Gasteiger partial charge in [0.2, 0.25) is 0 Å². The van der Waals surface area contributed by atoms with Crippen LogP contribution in [-0.2, 0) is 0 Å². The van der Waals surface area contributed by atoms with Crippen molar-refractivity contribution in [2.75, 3.05) is 13.7 Å². The fraction of sp³-hybridized carbons (Fsp3) is 0.235. The topological polar surface area (TPSA) is 58.6 Å². The van der Waals surface area contributed by atoms with Gasteiger partial charge in [-0.2, -0.15) is 0 Å². The van der Waals surface area contributed by atoms with E-state index < -0.39 is 6.10 Å². The van der Waals surface area contributed by atoms with Crippen LogP contribution in [0.25, 0.3) is 0 Å². The van der Waals surface area contributed by atoms with Crippen molar-refractivity contribution in [2.24, 2.45) is 0 Å². The third-order valence-corrected chi connectivity index (χ3v) is 3.38. The quantitative estimate of drug-likeness (QED) is 0.892. The number of ether oxygens (including phenoxy) is 1. The predicted octanol–water partition coefficient (Wildman–Crippen LogP) is 2.61. The lowest BCUT2D eigenvalue weighted by Crippen LogP contribution is -2.28. The molecule has 0 saturated heterocycles. The van der Waals surface area contributed by atoms with E-state index in [4.69, 9.17) is 4.74 Å². The van der Waals surface area contributed by atoms with E-state index in [1.165, 1.54) is 18.2 Å². The monoisotopic (exact) mass is 303 g/mol. The third-order valence-electron chi connectivity index (χ3n) is 3.38. The Morgan fingerprint density at radius 1 is 1.27 bits per heavy atom. The highest BCUT2D eigenvalue weighted by molar-refractivity contribution is 5.94. The molecule has 0 aliphatic rings. The number of hydrogen-bond acceptors (Lipinski definition) is 3. The van der Waals surface area contributed by atoms with Crippen LogP contribution in [-0.4, -0.2) is 24.7 Å². The minimum Gasteiger partial charge on any atom is -0.497 e. The second-order valence-electron chi connectivity index (χ2n) is 4.96. The molecule has 0 radical (unpaired) electrons. The zero-order chi connectivity index (χ0) is 16.1. The summed E-state index contributed by atoms with van der Waals surface area (Å²) in [5.41, 5.74) is 1.44. The first-order valence-corrected chi connectivity index (χ1v) is 6.87. The predicted molar refractivity (Wildman–Crippen MR) is 81.4 cm³/mol. The van der Waals surface area contributed by atoms with Crippen molar-refractivity contribution in [3.63, 3.8) is 0 Å². The molecule has 0 spiro atoms. The standard InChI is InChI=1S/C17H18FNO3/c1-11-9-13(5-8-15(11)18)17(21)19-10-16(20)12-3-6-14(22-2)7-4-12/h3-9,16,20H,10H2,1-2H3,(H,19,21). The molecule has 22 heavy (non-hydrogen) atoms. The molecule has 0 fully saturated rings. The van der Waals surface area contributed by atoms with E-state index in [1.807, 2.05) is 0 Å². The van der Waals surface area contributed by atoms with Crippen molar-refractivity contribution in [2.45, 2.75) is 13.0 Å². The molecule has 0 saturated carbocycles. The van der Waals surface area contributed by atoms with Gasteiger partial charge in [0, 0.05) is 12.1 Å². The maximum Gasteiger partial charge on any atom is 0.251 e. The number of carbonyl (C=O) groups is 1. The summed E-state index contributed by atoms with van der Waals surface area (Å²) >= 11 is 0. The van der Waals surface area contributed by atoms with Gasteiger partial charge in [-0.15, -0.1) is 0 Å². The molecule has 0 aliphatic carbocycles. The number of halogens is 1. The molecule has 1 atom stereocenters. The van der Waals surface area contributed by atoms with Crippen LogP contribution in [0, 0.1) is 12.7 Å². The Morgan fingerprint density at radius 2 is 1.95 bits per heavy atom. The van der Waals surface area contributed by atoms with E-state index in [-0.39, 0.29) is 18.3 Å². The van der Waals surface area contributed by atoms with Gasteiger partial charge >= 0.3 is 0 Å². The van der Waals surface area contributed by atoms with Gasteiger partial charge in [0.05, 0.1) is 13.2 Å². The van der Waals surface area contributed by atoms with E-state index in [1.54, 1.807) is 38.3 Å². The Bertz CT molecular complexity index is 655. The van der Waals surface area contributed by atoms with Crippen LogP contribution in [0.4, 0.5) is 4.39 Å². The SMILES string of the molecule is COc1ccc(C(O)CNC(=O)c2ccc(F)c(C)c2)cc1. The van der Waals surface area contributed by atoms with Gasteiger partial charge in [0.25, 0.3) is 5.91 Å². The summed E-state index contributed by atoms with van der Waals surface area (Å²) in [7, 11) is 1.57. The van der Waals surface area contributed by atoms with Gasteiger partial charge in [-0.25, -0.2) is 4.39 Å². The summed E-state index contributed by atoms with van der Waals surface area (Å²) < 4.78 is 18.2. The maximum absolute atomic E-state index is 13.2. The molecule has 1 amide bonds. The van der Waals surface area contributed by atoms with Gasteiger partial charge in [-0.05, 0) is 48.4 Å². The number of nitrogens with one attached hydrogen (secondary N) is 1. The van der Waals surface area contributed by atoms with Crippen LogP contribution in [0.2, 0.25) is 0 Å². The Labute approximate surface area is 128 Å². The molecule has 4 nitrogen and oxygen atoms in total. The maximum atomic E-state index is 13.2. The highest BCUT2D eigenvalue weighted by Crippen LogP contribution is 2.17. The Kier molecular flexibility index (Phi) is 5.12. The molecular weight excluding hydrogens is 285 g/mol. The summed E-state index contributed by atoms with van der Waals surface area (Å²) in [6, 6.07) is 11.1. The van der Waals surface area contributed by atoms with E-state index in [9.17, 15) is 14.3 Å². The highest BCUT2D eigenvalue weighted by atomic mass is 19.1. The van der Waals surface area contributed by atoms with Crippen LogP contribution < -0.4 is 10.1 Å². The smallest absolute Gasteiger partial charge is 0.251 e. The van der Waals surface area contributed by atoms with Gasteiger partial charge in [-0.1, -0.05) is 12.1 Å². The van der Waals surface area contributed by atoms with E-state index >= 15 is 0 Å². The molecule has 2 N–H and O–H groups in total. The van der Waals surface area contributed by atoms with Crippen LogP contribution in [0.1, 0.15) is 27.6 Å². The first-order valence-electron chi connectivity index (χ1n) is 6.87. The number of rotatable bonds is 5. The fourth-order valence-corrected chi connectivity index (χ4v) is 2.02. The van der Waals surface area contributed by atoms with Gasteiger partial charge < -0.3 is 15.2 Å². The molecule has 0 heterocycles. The Hall–Kier alpha value is -2.40. The zero-order valence-electron chi connectivity index (χ0n) is 12.5. The van der Waals surface area contributed by atoms with Crippen molar-refractivity contribution < 1.29 is 19.0 Å². The van der Waals surface area contributed by atoms with Crippen LogP contribution >= 0.6 is 0 Å². The number of benzene rings is 2. The molecular formula is C17H18FNO3. The first kappa shape index (κ1) is 16.0. The molecule has 2 aromatic carbocycles. The lowest BCUT2D eigenvalue weighted by atomic mass is 10.1. The minimum absolute atomic E-state index is 0.0710. The van der Waals surface area contributed by atoms with Crippen molar-refractivity contribution >= 4 is 5.91 Å².